The van der Waals surface area contributed by atoms with Crippen molar-refractivity contribution < 1.29 is 4.74 Å². The molecule has 7 heteroatoms. The van der Waals surface area contributed by atoms with Gasteiger partial charge in [0, 0.05) is 53.7 Å². The highest BCUT2D eigenvalue weighted by molar-refractivity contribution is 7.10. The number of nitrogens with zero attached hydrogens (tertiary/aromatic N) is 4. The van der Waals surface area contributed by atoms with Gasteiger partial charge in [-0.1, -0.05) is 6.07 Å². The molecule has 4 heterocycles. The molecule has 5 rings (SSSR count). The van der Waals surface area contributed by atoms with Crippen LogP contribution in [-0.2, 0) is 17.6 Å². The first-order chi connectivity index (χ1) is 14.8. The molecule has 0 amide bonds. The lowest BCUT2D eigenvalue weighted by Crippen LogP contribution is -2.44. The first-order valence-corrected chi connectivity index (χ1v) is 11.6. The van der Waals surface area contributed by atoms with Crippen molar-refractivity contribution in [2.24, 2.45) is 0 Å². The Balaban J connectivity index is 1.42. The Labute approximate surface area is 181 Å². The van der Waals surface area contributed by atoms with Gasteiger partial charge in [-0.15, -0.1) is 11.3 Å². The Hall–Kier alpha value is -2.35. The van der Waals surface area contributed by atoms with E-state index in [1.165, 1.54) is 16.1 Å². The van der Waals surface area contributed by atoms with E-state index in [1.807, 2.05) is 23.5 Å². The fraction of sp³-hybridized carbons (Fsp3) is 0.435. The second-order valence-corrected chi connectivity index (χ2v) is 8.98. The fourth-order valence-electron chi connectivity index (χ4n) is 4.42. The minimum absolute atomic E-state index is 0.266. The molecule has 1 fully saturated rings. The lowest BCUT2D eigenvalue weighted by molar-refractivity contribution is -0.0322. The molecule has 1 saturated heterocycles. The highest BCUT2D eigenvalue weighted by Crippen LogP contribution is 2.31. The van der Waals surface area contributed by atoms with Crippen molar-refractivity contribution >= 4 is 17.2 Å². The summed E-state index contributed by atoms with van der Waals surface area (Å²) in [7, 11) is 0. The lowest BCUT2D eigenvalue weighted by Gasteiger charge is -2.37. The molecule has 3 aromatic heterocycles. The van der Waals surface area contributed by atoms with E-state index in [1.54, 1.807) is 12.4 Å². The Kier molecular flexibility index (Phi) is 5.75. The molecular formula is C23H27N5OS. The Morgan fingerprint density at radius 1 is 1.23 bits per heavy atom. The predicted octanol–water partition coefficient (Wildman–Crippen LogP) is 3.96. The maximum atomic E-state index is 5.78. The van der Waals surface area contributed by atoms with Crippen molar-refractivity contribution in [2.45, 2.75) is 38.3 Å². The molecular weight excluding hydrogens is 394 g/mol. The van der Waals surface area contributed by atoms with E-state index in [9.17, 15) is 0 Å². The van der Waals surface area contributed by atoms with Crippen LogP contribution in [0.25, 0.3) is 11.4 Å². The average Bonchev–Trinajstić information content (AvgIpc) is 3.47. The number of morpholine rings is 1. The van der Waals surface area contributed by atoms with E-state index in [-0.39, 0.29) is 6.10 Å². The van der Waals surface area contributed by atoms with Gasteiger partial charge in [0.15, 0.2) is 5.82 Å². The van der Waals surface area contributed by atoms with Gasteiger partial charge >= 0.3 is 0 Å². The summed E-state index contributed by atoms with van der Waals surface area (Å²) in [4.78, 5) is 17.8. The summed E-state index contributed by atoms with van der Waals surface area (Å²) in [6.45, 7) is 5.68. The number of aromatic nitrogens is 3. The van der Waals surface area contributed by atoms with E-state index >= 15 is 0 Å². The SMILES string of the molecule is CC1CN(C(CNc2nc(-c3ccncc3)nc3c2CCC3)c2cccs2)CCO1. The van der Waals surface area contributed by atoms with Crippen LogP contribution in [0.3, 0.4) is 0 Å². The van der Waals surface area contributed by atoms with Crippen LogP contribution in [0.2, 0.25) is 0 Å². The number of hydrogen-bond donors (Lipinski definition) is 1. The largest absolute Gasteiger partial charge is 0.376 e. The summed E-state index contributed by atoms with van der Waals surface area (Å²) < 4.78 is 5.78. The molecule has 6 nitrogen and oxygen atoms in total. The first kappa shape index (κ1) is 19.6. The number of aryl methyl sites for hydroxylation is 1. The van der Waals surface area contributed by atoms with Crippen LogP contribution in [0.15, 0.2) is 42.0 Å². The zero-order valence-corrected chi connectivity index (χ0v) is 18.1. The van der Waals surface area contributed by atoms with Gasteiger partial charge in [-0.25, -0.2) is 9.97 Å². The van der Waals surface area contributed by atoms with Gasteiger partial charge in [-0.05, 0) is 49.8 Å². The molecule has 156 valence electrons. The molecule has 0 bridgehead atoms. The number of rotatable bonds is 6. The van der Waals surface area contributed by atoms with Crippen LogP contribution in [0.4, 0.5) is 5.82 Å². The van der Waals surface area contributed by atoms with Crippen LogP contribution < -0.4 is 5.32 Å². The van der Waals surface area contributed by atoms with E-state index in [4.69, 9.17) is 14.7 Å². The standard InChI is InChI=1S/C23H27N5OS/c1-16-15-28(11-12-29-16)20(21-6-3-13-30-21)14-25-23-18-4-2-5-19(18)26-22(27-23)17-7-9-24-10-8-17/h3,6-10,13,16,20H,2,4-5,11-12,14-15H2,1H3,(H,25,26,27). The third-order valence-corrected chi connectivity index (χ3v) is 6.89. The number of thiophene rings is 1. The number of ether oxygens (including phenoxy) is 1. The van der Waals surface area contributed by atoms with Crippen LogP contribution in [0.5, 0.6) is 0 Å². The molecule has 2 aliphatic rings. The van der Waals surface area contributed by atoms with Crippen LogP contribution in [-0.4, -0.2) is 52.2 Å². The van der Waals surface area contributed by atoms with Gasteiger partial charge in [-0.3, -0.25) is 9.88 Å². The van der Waals surface area contributed by atoms with Gasteiger partial charge in [0.25, 0.3) is 0 Å². The zero-order valence-electron chi connectivity index (χ0n) is 17.3. The maximum Gasteiger partial charge on any atom is 0.161 e. The summed E-state index contributed by atoms with van der Waals surface area (Å²) in [5.41, 5.74) is 3.49. The molecule has 0 radical (unpaired) electrons. The second-order valence-electron chi connectivity index (χ2n) is 8.00. The highest BCUT2D eigenvalue weighted by Gasteiger charge is 2.27. The Bertz CT molecular complexity index is 979. The minimum Gasteiger partial charge on any atom is -0.376 e. The summed E-state index contributed by atoms with van der Waals surface area (Å²) in [6.07, 6.45) is 7.08. The van der Waals surface area contributed by atoms with Gasteiger partial charge in [0.2, 0.25) is 0 Å². The highest BCUT2D eigenvalue weighted by atomic mass is 32.1. The van der Waals surface area contributed by atoms with Crippen molar-refractivity contribution in [2.75, 3.05) is 31.6 Å². The lowest BCUT2D eigenvalue weighted by atomic mass is 10.1. The van der Waals surface area contributed by atoms with Crippen LogP contribution in [0.1, 0.15) is 35.5 Å². The van der Waals surface area contributed by atoms with Crippen molar-refractivity contribution in [1.29, 1.82) is 0 Å². The Morgan fingerprint density at radius 3 is 2.93 bits per heavy atom. The number of fused-ring (bicyclic) bond motifs is 1. The Morgan fingerprint density at radius 2 is 2.13 bits per heavy atom. The number of hydrogen-bond acceptors (Lipinski definition) is 7. The minimum atomic E-state index is 0.266. The van der Waals surface area contributed by atoms with Gasteiger partial charge < -0.3 is 10.1 Å². The summed E-state index contributed by atoms with van der Waals surface area (Å²) in [5.74, 6) is 1.78. The molecule has 3 aromatic rings. The molecule has 1 N–H and O–H groups in total. The molecule has 1 aliphatic heterocycles. The topological polar surface area (TPSA) is 63.2 Å². The van der Waals surface area contributed by atoms with Crippen LogP contribution >= 0.6 is 11.3 Å². The monoisotopic (exact) mass is 421 g/mol. The van der Waals surface area contributed by atoms with Gasteiger partial charge in [0.05, 0.1) is 18.8 Å². The van der Waals surface area contributed by atoms with Gasteiger partial charge in [-0.2, -0.15) is 0 Å². The summed E-state index contributed by atoms with van der Waals surface area (Å²) in [6, 6.07) is 8.64. The van der Waals surface area contributed by atoms with Crippen molar-refractivity contribution in [3.63, 3.8) is 0 Å². The third kappa shape index (κ3) is 4.10. The predicted molar refractivity (Wildman–Crippen MR) is 120 cm³/mol. The summed E-state index contributed by atoms with van der Waals surface area (Å²) >= 11 is 1.82. The molecule has 2 atom stereocenters. The molecule has 0 aromatic carbocycles. The molecule has 2 unspecified atom stereocenters. The van der Waals surface area contributed by atoms with E-state index < -0.39 is 0 Å². The maximum absolute atomic E-state index is 5.78. The van der Waals surface area contributed by atoms with E-state index in [2.05, 4.69) is 39.6 Å². The molecule has 30 heavy (non-hydrogen) atoms. The summed E-state index contributed by atoms with van der Waals surface area (Å²) in [5, 5.41) is 5.88. The fourth-order valence-corrected chi connectivity index (χ4v) is 5.28. The van der Waals surface area contributed by atoms with Gasteiger partial charge in [0.1, 0.15) is 5.82 Å². The molecule has 0 spiro atoms. The second kappa shape index (κ2) is 8.79. The van der Waals surface area contributed by atoms with Crippen molar-refractivity contribution in [1.82, 2.24) is 19.9 Å². The van der Waals surface area contributed by atoms with Crippen molar-refractivity contribution in [3.05, 3.63) is 58.2 Å². The van der Waals surface area contributed by atoms with E-state index in [0.717, 1.165) is 62.7 Å². The normalized spacial score (nSPS) is 20.1. The number of pyridine rings is 1. The molecule has 1 aliphatic carbocycles. The van der Waals surface area contributed by atoms with Crippen molar-refractivity contribution in [3.8, 4) is 11.4 Å². The number of anilines is 1. The third-order valence-electron chi connectivity index (χ3n) is 5.92. The first-order valence-electron chi connectivity index (χ1n) is 10.7. The average molecular weight is 422 g/mol. The van der Waals surface area contributed by atoms with Crippen LogP contribution in [0, 0.1) is 0 Å². The van der Waals surface area contributed by atoms with E-state index in [0.29, 0.717) is 6.04 Å². The number of nitrogens with one attached hydrogen (secondary N) is 1. The molecule has 0 saturated carbocycles. The quantitative estimate of drug-likeness (QED) is 0.650. The zero-order chi connectivity index (χ0) is 20.3. The smallest absolute Gasteiger partial charge is 0.161 e.